The summed E-state index contributed by atoms with van der Waals surface area (Å²) in [6, 6.07) is 20.7. The zero-order chi connectivity index (χ0) is 20.2. The highest BCUT2D eigenvalue weighted by molar-refractivity contribution is 5.89. The van der Waals surface area contributed by atoms with Crippen LogP contribution in [-0.4, -0.2) is 43.1 Å². The number of carbonyl (C=O) groups excluding carboxylic acids is 1. The second kappa shape index (κ2) is 8.52. The number of ether oxygens (including phenoxy) is 1. The van der Waals surface area contributed by atoms with E-state index in [1.54, 1.807) is 12.1 Å². The number of hydrogen-bond acceptors (Lipinski definition) is 3. The second-order valence-corrected chi connectivity index (χ2v) is 7.26. The van der Waals surface area contributed by atoms with Crippen molar-refractivity contribution in [3.63, 3.8) is 0 Å². The van der Waals surface area contributed by atoms with Gasteiger partial charge >= 0.3 is 0 Å². The van der Waals surface area contributed by atoms with Gasteiger partial charge in [-0.25, -0.2) is 4.39 Å². The van der Waals surface area contributed by atoms with E-state index in [9.17, 15) is 9.18 Å². The first-order valence-electron chi connectivity index (χ1n) is 10.1. The van der Waals surface area contributed by atoms with Crippen molar-refractivity contribution >= 4 is 22.4 Å². The maximum atomic E-state index is 14.0. The van der Waals surface area contributed by atoms with E-state index in [1.165, 1.54) is 6.07 Å². The molecule has 0 N–H and O–H groups in total. The average molecular weight is 392 g/mol. The third-order valence-corrected chi connectivity index (χ3v) is 5.45. The van der Waals surface area contributed by atoms with Gasteiger partial charge in [0.2, 0.25) is 0 Å². The maximum Gasteiger partial charge on any atom is 0.263 e. The quantitative estimate of drug-likeness (QED) is 0.642. The Morgan fingerprint density at radius 2 is 1.66 bits per heavy atom. The molecule has 0 radical (unpaired) electrons. The first-order valence-corrected chi connectivity index (χ1v) is 10.1. The third-order valence-electron chi connectivity index (χ3n) is 5.45. The van der Waals surface area contributed by atoms with Crippen molar-refractivity contribution in [2.24, 2.45) is 0 Å². The fourth-order valence-electron chi connectivity index (χ4n) is 3.84. The minimum Gasteiger partial charge on any atom is -0.480 e. The molecule has 1 fully saturated rings. The van der Waals surface area contributed by atoms with Gasteiger partial charge in [-0.05, 0) is 30.0 Å². The molecule has 4 nitrogen and oxygen atoms in total. The van der Waals surface area contributed by atoms with Crippen molar-refractivity contribution in [2.45, 2.75) is 19.4 Å². The first-order chi connectivity index (χ1) is 14.2. The maximum absolute atomic E-state index is 14.0. The van der Waals surface area contributed by atoms with Crippen LogP contribution in [0.3, 0.4) is 0 Å². The monoisotopic (exact) mass is 392 g/mol. The van der Waals surface area contributed by atoms with Crippen LogP contribution in [0.2, 0.25) is 0 Å². The molecule has 1 atom stereocenters. The lowest BCUT2D eigenvalue weighted by Gasteiger charge is -2.37. The van der Waals surface area contributed by atoms with Crippen LogP contribution in [-0.2, 0) is 4.79 Å². The van der Waals surface area contributed by atoms with Gasteiger partial charge in [0.05, 0.1) is 5.69 Å². The number of amides is 1. The second-order valence-electron chi connectivity index (χ2n) is 7.26. The van der Waals surface area contributed by atoms with E-state index < -0.39 is 6.10 Å². The number of para-hydroxylation sites is 1. The summed E-state index contributed by atoms with van der Waals surface area (Å²) in [5.74, 6) is 0.500. The number of halogens is 1. The summed E-state index contributed by atoms with van der Waals surface area (Å²) in [7, 11) is 0. The third kappa shape index (κ3) is 4.04. The van der Waals surface area contributed by atoms with Crippen LogP contribution in [0.15, 0.2) is 66.7 Å². The van der Waals surface area contributed by atoms with Gasteiger partial charge in [0.15, 0.2) is 6.10 Å². The lowest BCUT2D eigenvalue weighted by molar-refractivity contribution is -0.139. The Morgan fingerprint density at radius 1 is 0.966 bits per heavy atom. The number of rotatable bonds is 5. The van der Waals surface area contributed by atoms with Crippen molar-refractivity contribution in [1.82, 2.24) is 4.90 Å². The van der Waals surface area contributed by atoms with Crippen LogP contribution in [0, 0.1) is 5.82 Å². The summed E-state index contributed by atoms with van der Waals surface area (Å²) >= 11 is 0. The lowest BCUT2D eigenvalue weighted by atomic mass is 10.1. The highest BCUT2D eigenvalue weighted by Gasteiger charge is 2.28. The Morgan fingerprint density at radius 3 is 2.41 bits per heavy atom. The van der Waals surface area contributed by atoms with Crippen molar-refractivity contribution in [1.29, 1.82) is 0 Å². The molecule has 1 aliphatic rings. The fourth-order valence-corrected chi connectivity index (χ4v) is 3.84. The standard InChI is InChI=1S/C24H25FN2O2/c1-2-22(29-23-13-7-9-18-8-3-4-10-19(18)23)24(28)27-16-14-26(15-17-27)21-12-6-5-11-20(21)25/h3-13,22H,2,14-17H2,1H3/t22-/m0/s1. The summed E-state index contributed by atoms with van der Waals surface area (Å²) < 4.78 is 20.2. The topological polar surface area (TPSA) is 32.8 Å². The molecule has 0 unspecified atom stereocenters. The molecule has 4 rings (SSSR count). The van der Waals surface area contributed by atoms with Crippen LogP contribution < -0.4 is 9.64 Å². The molecule has 0 aromatic heterocycles. The normalized spacial score (nSPS) is 15.4. The molecule has 0 aliphatic carbocycles. The van der Waals surface area contributed by atoms with E-state index >= 15 is 0 Å². The molecule has 1 amide bonds. The summed E-state index contributed by atoms with van der Waals surface area (Å²) in [6.07, 6.45) is 0.0658. The van der Waals surface area contributed by atoms with E-state index in [4.69, 9.17) is 4.74 Å². The van der Waals surface area contributed by atoms with Crippen LogP contribution in [0.4, 0.5) is 10.1 Å². The lowest BCUT2D eigenvalue weighted by Crippen LogP contribution is -2.52. The molecule has 1 heterocycles. The van der Waals surface area contributed by atoms with Gasteiger partial charge in [-0.1, -0.05) is 55.5 Å². The number of anilines is 1. The van der Waals surface area contributed by atoms with Gasteiger partial charge in [-0.15, -0.1) is 0 Å². The SMILES string of the molecule is CC[C@H](Oc1cccc2ccccc12)C(=O)N1CCN(c2ccccc2F)CC1. The summed E-state index contributed by atoms with van der Waals surface area (Å²) in [6.45, 7) is 4.29. The minimum absolute atomic E-state index is 0.00591. The van der Waals surface area contributed by atoms with Crippen molar-refractivity contribution < 1.29 is 13.9 Å². The first kappa shape index (κ1) is 19.2. The summed E-state index contributed by atoms with van der Waals surface area (Å²) in [4.78, 5) is 16.9. The highest BCUT2D eigenvalue weighted by atomic mass is 19.1. The summed E-state index contributed by atoms with van der Waals surface area (Å²) in [5, 5.41) is 2.09. The molecule has 0 bridgehead atoms. The van der Waals surface area contributed by atoms with Crippen molar-refractivity contribution in [3.05, 3.63) is 72.5 Å². The molecule has 3 aromatic carbocycles. The van der Waals surface area contributed by atoms with Gasteiger partial charge < -0.3 is 14.5 Å². The molecule has 3 aromatic rings. The fraction of sp³-hybridized carbons (Fsp3) is 0.292. The number of piperazine rings is 1. The molecular formula is C24H25FN2O2. The number of hydrogen-bond donors (Lipinski definition) is 0. The molecule has 0 saturated carbocycles. The zero-order valence-electron chi connectivity index (χ0n) is 16.6. The van der Waals surface area contributed by atoms with Gasteiger partial charge in [0, 0.05) is 31.6 Å². The van der Waals surface area contributed by atoms with E-state index in [2.05, 4.69) is 0 Å². The van der Waals surface area contributed by atoms with Crippen LogP contribution in [0.1, 0.15) is 13.3 Å². The number of carbonyl (C=O) groups is 1. The Balaban J connectivity index is 1.44. The van der Waals surface area contributed by atoms with E-state index in [0.717, 1.165) is 16.5 Å². The molecular weight excluding hydrogens is 367 g/mol. The van der Waals surface area contributed by atoms with Gasteiger partial charge in [-0.3, -0.25) is 4.79 Å². The van der Waals surface area contributed by atoms with Crippen molar-refractivity contribution in [3.8, 4) is 5.75 Å². The molecule has 5 heteroatoms. The molecule has 0 spiro atoms. The predicted octanol–water partition coefficient (Wildman–Crippen LogP) is 4.49. The molecule has 150 valence electrons. The smallest absolute Gasteiger partial charge is 0.263 e. The Hall–Kier alpha value is -3.08. The highest BCUT2D eigenvalue weighted by Crippen LogP contribution is 2.27. The summed E-state index contributed by atoms with van der Waals surface area (Å²) in [5.41, 5.74) is 0.596. The zero-order valence-corrected chi connectivity index (χ0v) is 16.6. The van der Waals surface area contributed by atoms with E-state index in [0.29, 0.717) is 38.3 Å². The largest absolute Gasteiger partial charge is 0.480 e. The van der Waals surface area contributed by atoms with Gasteiger partial charge in [0.25, 0.3) is 5.91 Å². The number of fused-ring (bicyclic) bond motifs is 1. The van der Waals surface area contributed by atoms with Crippen LogP contribution in [0.25, 0.3) is 10.8 Å². The van der Waals surface area contributed by atoms with E-state index in [1.807, 2.05) is 65.3 Å². The Kier molecular flexibility index (Phi) is 5.65. The number of nitrogens with zero attached hydrogens (tertiary/aromatic N) is 2. The predicted molar refractivity (Wildman–Crippen MR) is 114 cm³/mol. The molecule has 1 aliphatic heterocycles. The van der Waals surface area contributed by atoms with Gasteiger partial charge in [-0.2, -0.15) is 0 Å². The van der Waals surface area contributed by atoms with Crippen molar-refractivity contribution in [2.75, 3.05) is 31.1 Å². The Labute approximate surface area is 170 Å². The van der Waals surface area contributed by atoms with Crippen LogP contribution in [0.5, 0.6) is 5.75 Å². The number of benzene rings is 3. The Bertz CT molecular complexity index is 994. The van der Waals surface area contributed by atoms with E-state index in [-0.39, 0.29) is 11.7 Å². The van der Waals surface area contributed by atoms with Crippen LogP contribution >= 0.6 is 0 Å². The molecule has 1 saturated heterocycles. The molecule has 29 heavy (non-hydrogen) atoms. The average Bonchev–Trinajstić information content (AvgIpc) is 2.77. The van der Waals surface area contributed by atoms with Gasteiger partial charge in [0.1, 0.15) is 11.6 Å². The minimum atomic E-state index is -0.527.